The molecule has 2 aromatic rings. The van der Waals surface area contributed by atoms with Crippen LogP contribution < -0.4 is 9.46 Å². The van der Waals surface area contributed by atoms with Crippen molar-refractivity contribution in [1.29, 1.82) is 0 Å². The first kappa shape index (κ1) is 18.0. The monoisotopic (exact) mass is 396 g/mol. The van der Waals surface area contributed by atoms with Gasteiger partial charge in [-0.05, 0) is 44.2 Å². The standard InChI is InChI=1S/C14H15Cl3N2OS2/c1-19(2)5-6-20-11-7-9(3-4-10(11)15)18-22-12-8-13(16)21-14(12)17/h3-4,7-8,18H,5-6H2,1-2H3. The van der Waals surface area contributed by atoms with Crippen LogP contribution in [-0.4, -0.2) is 32.1 Å². The lowest BCUT2D eigenvalue weighted by atomic mass is 10.3. The third-order valence-electron chi connectivity index (χ3n) is 2.63. The van der Waals surface area contributed by atoms with E-state index in [9.17, 15) is 0 Å². The Kier molecular flexibility index (Phi) is 6.99. The van der Waals surface area contributed by atoms with Crippen molar-refractivity contribution in [2.45, 2.75) is 4.90 Å². The number of benzene rings is 1. The molecule has 0 bridgehead atoms. The summed E-state index contributed by atoms with van der Waals surface area (Å²) >= 11 is 20.9. The molecule has 0 spiro atoms. The van der Waals surface area contributed by atoms with E-state index in [1.807, 2.05) is 37.2 Å². The van der Waals surface area contributed by atoms with Gasteiger partial charge in [0.2, 0.25) is 0 Å². The summed E-state index contributed by atoms with van der Waals surface area (Å²) in [5, 5.41) is 0.589. The first-order chi connectivity index (χ1) is 10.5. The van der Waals surface area contributed by atoms with Gasteiger partial charge in [-0.1, -0.05) is 34.8 Å². The minimum absolute atomic E-state index is 0.579. The Hall–Kier alpha value is -0.300. The molecule has 1 N–H and O–H groups in total. The lowest BCUT2D eigenvalue weighted by Gasteiger charge is -2.13. The van der Waals surface area contributed by atoms with E-state index in [0.717, 1.165) is 17.1 Å². The van der Waals surface area contributed by atoms with Crippen LogP contribution in [0.15, 0.2) is 29.2 Å². The van der Waals surface area contributed by atoms with Crippen molar-refractivity contribution in [3.8, 4) is 5.75 Å². The lowest BCUT2D eigenvalue weighted by molar-refractivity contribution is 0.261. The minimum Gasteiger partial charge on any atom is -0.491 e. The van der Waals surface area contributed by atoms with Gasteiger partial charge in [0.05, 0.1) is 14.3 Å². The number of anilines is 1. The van der Waals surface area contributed by atoms with Gasteiger partial charge in [0.1, 0.15) is 16.7 Å². The number of nitrogens with one attached hydrogen (secondary N) is 1. The van der Waals surface area contributed by atoms with Crippen molar-refractivity contribution in [1.82, 2.24) is 4.90 Å². The molecule has 0 aliphatic rings. The zero-order chi connectivity index (χ0) is 16.1. The highest BCUT2D eigenvalue weighted by atomic mass is 35.5. The van der Waals surface area contributed by atoms with E-state index in [2.05, 4.69) is 4.72 Å². The second kappa shape index (κ2) is 8.52. The van der Waals surface area contributed by atoms with Crippen LogP contribution in [0.3, 0.4) is 0 Å². The van der Waals surface area contributed by atoms with Gasteiger partial charge in [0.15, 0.2) is 0 Å². The van der Waals surface area contributed by atoms with Gasteiger partial charge in [0, 0.05) is 18.3 Å². The summed E-state index contributed by atoms with van der Waals surface area (Å²) in [6.45, 7) is 1.40. The van der Waals surface area contributed by atoms with Gasteiger partial charge >= 0.3 is 0 Å². The number of thiophene rings is 1. The second-order valence-corrected chi connectivity index (χ2v) is 8.23. The summed E-state index contributed by atoms with van der Waals surface area (Å²) in [5.41, 5.74) is 0.882. The quantitative estimate of drug-likeness (QED) is 0.600. The van der Waals surface area contributed by atoms with Crippen molar-refractivity contribution < 1.29 is 4.74 Å². The van der Waals surface area contributed by atoms with E-state index in [-0.39, 0.29) is 0 Å². The average molecular weight is 398 g/mol. The van der Waals surface area contributed by atoms with Gasteiger partial charge in [-0.2, -0.15) is 0 Å². The molecule has 0 atom stereocenters. The summed E-state index contributed by atoms with van der Waals surface area (Å²) in [7, 11) is 3.99. The van der Waals surface area contributed by atoms with E-state index in [1.165, 1.54) is 23.3 Å². The molecule has 8 heteroatoms. The Morgan fingerprint density at radius 3 is 2.64 bits per heavy atom. The van der Waals surface area contributed by atoms with Gasteiger partial charge < -0.3 is 14.4 Å². The number of rotatable bonds is 7. The molecule has 0 radical (unpaired) electrons. The maximum atomic E-state index is 6.15. The SMILES string of the molecule is CN(C)CCOc1cc(NSc2cc(Cl)sc2Cl)ccc1Cl. The number of ether oxygens (including phenoxy) is 1. The molecular weight excluding hydrogens is 383 g/mol. The van der Waals surface area contributed by atoms with Crippen molar-refractivity contribution in [2.24, 2.45) is 0 Å². The number of nitrogens with zero attached hydrogens (tertiary/aromatic N) is 1. The Morgan fingerprint density at radius 1 is 1.23 bits per heavy atom. The predicted molar refractivity (Wildman–Crippen MR) is 99.3 cm³/mol. The molecule has 1 aromatic carbocycles. The molecule has 1 aromatic heterocycles. The molecule has 22 heavy (non-hydrogen) atoms. The molecule has 120 valence electrons. The fraction of sp³-hybridized carbons (Fsp3) is 0.286. The van der Waals surface area contributed by atoms with Crippen LogP contribution >= 0.6 is 58.1 Å². The van der Waals surface area contributed by atoms with Crippen LogP contribution in [0.5, 0.6) is 5.75 Å². The Labute approximate surface area is 153 Å². The summed E-state index contributed by atoms with van der Waals surface area (Å²) < 4.78 is 10.2. The normalized spacial score (nSPS) is 11.0. The largest absolute Gasteiger partial charge is 0.491 e. The number of hydrogen-bond acceptors (Lipinski definition) is 5. The Balaban J connectivity index is 1.98. The first-order valence-corrected chi connectivity index (χ1v) is 9.17. The van der Waals surface area contributed by atoms with Crippen LogP contribution in [0, 0.1) is 0 Å². The number of hydrogen-bond donors (Lipinski definition) is 1. The highest BCUT2D eigenvalue weighted by Crippen LogP contribution is 2.38. The van der Waals surface area contributed by atoms with Crippen LogP contribution in [0.25, 0.3) is 0 Å². The van der Waals surface area contributed by atoms with Crippen molar-refractivity contribution in [2.75, 3.05) is 32.0 Å². The zero-order valence-corrected chi connectivity index (χ0v) is 15.9. The van der Waals surface area contributed by atoms with Crippen LogP contribution in [0.2, 0.25) is 13.7 Å². The fourth-order valence-corrected chi connectivity index (χ4v) is 4.08. The van der Waals surface area contributed by atoms with E-state index >= 15 is 0 Å². The van der Waals surface area contributed by atoms with Crippen LogP contribution in [-0.2, 0) is 0 Å². The zero-order valence-electron chi connectivity index (χ0n) is 12.0. The number of halogens is 3. The third kappa shape index (κ3) is 5.41. The predicted octanol–water partition coefficient (Wildman–Crippen LogP) is 5.77. The minimum atomic E-state index is 0.579. The van der Waals surface area contributed by atoms with Gasteiger partial charge in [0.25, 0.3) is 0 Å². The molecule has 2 rings (SSSR count). The fourth-order valence-electron chi connectivity index (χ4n) is 1.52. The molecule has 3 nitrogen and oxygen atoms in total. The van der Waals surface area contributed by atoms with Crippen molar-refractivity contribution in [3.05, 3.63) is 38.0 Å². The molecule has 0 saturated carbocycles. The van der Waals surface area contributed by atoms with E-state index in [0.29, 0.717) is 26.1 Å². The van der Waals surface area contributed by atoms with Gasteiger partial charge in [-0.3, -0.25) is 0 Å². The van der Waals surface area contributed by atoms with E-state index in [4.69, 9.17) is 39.5 Å². The maximum Gasteiger partial charge on any atom is 0.140 e. The molecule has 0 saturated heterocycles. The topological polar surface area (TPSA) is 24.5 Å². The molecule has 0 aliphatic carbocycles. The van der Waals surface area contributed by atoms with Crippen molar-refractivity contribution >= 4 is 63.8 Å². The van der Waals surface area contributed by atoms with Crippen LogP contribution in [0.4, 0.5) is 5.69 Å². The van der Waals surface area contributed by atoms with E-state index < -0.39 is 0 Å². The van der Waals surface area contributed by atoms with Crippen LogP contribution in [0.1, 0.15) is 0 Å². The number of likely N-dealkylation sites (N-methyl/N-ethyl adjacent to an activating group) is 1. The maximum absolute atomic E-state index is 6.15. The smallest absolute Gasteiger partial charge is 0.140 e. The Morgan fingerprint density at radius 2 is 2.00 bits per heavy atom. The molecule has 0 unspecified atom stereocenters. The van der Waals surface area contributed by atoms with E-state index in [1.54, 1.807) is 6.07 Å². The van der Waals surface area contributed by atoms with Gasteiger partial charge in [-0.15, -0.1) is 11.3 Å². The summed E-state index contributed by atoms with van der Waals surface area (Å²) in [4.78, 5) is 2.94. The second-order valence-electron chi connectivity index (χ2n) is 4.69. The van der Waals surface area contributed by atoms with Crippen molar-refractivity contribution in [3.63, 3.8) is 0 Å². The highest BCUT2D eigenvalue weighted by molar-refractivity contribution is 8.00. The molecule has 0 fully saturated rings. The Bertz CT molecular complexity index is 635. The third-order valence-corrected chi connectivity index (χ3v) is 5.55. The molecule has 1 heterocycles. The molecular formula is C14H15Cl3N2OS2. The molecule has 0 amide bonds. The average Bonchev–Trinajstić information content (AvgIpc) is 2.77. The summed E-state index contributed by atoms with van der Waals surface area (Å²) in [6.07, 6.45) is 0. The summed E-state index contributed by atoms with van der Waals surface area (Å²) in [5.74, 6) is 0.656. The molecule has 0 aliphatic heterocycles. The van der Waals surface area contributed by atoms with Gasteiger partial charge in [-0.25, -0.2) is 0 Å². The highest BCUT2D eigenvalue weighted by Gasteiger charge is 2.08. The lowest BCUT2D eigenvalue weighted by Crippen LogP contribution is -2.19. The first-order valence-electron chi connectivity index (χ1n) is 6.40. The summed E-state index contributed by atoms with van der Waals surface area (Å²) in [6, 6.07) is 7.39.